The summed E-state index contributed by atoms with van der Waals surface area (Å²) in [4.78, 5) is 19.0. The maximum atomic E-state index is 12.6. The SMILES string of the molecule is CCC(C)(C)CN1CC2(CCCC(Cn3cnc4ccc(C#N)cc43)C2)OC1=O. The summed E-state index contributed by atoms with van der Waals surface area (Å²) < 4.78 is 8.13. The Morgan fingerprint density at radius 1 is 1.41 bits per heavy atom. The molecule has 1 amide bonds. The Morgan fingerprint density at radius 3 is 3.00 bits per heavy atom. The molecule has 29 heavy (non-hydrogen) atoms. The van der Waals surface area contributed by atoms with Crippen LogP contribution in [-0.2, 0) is 11.3 Å². The van der Waals surface area contributed by atoms with E-state index in [2.05, 4.69) is 36.4 Å². The Morgan fingerprint density at radius 2 is 2.24 bits per heavy atom. The average Bonchev–Trinajstić information content (AvgIpc) is 3.21. The Balaban J connectivity index is 1.48. The Bertz CT molecular complexity index is 957. The maximum absolute atomic E-state index is 12.6. The first-order chi connectivity index (χ1) is 13.8. The molecule has 1 saturated heterocycles. The zero-order chi connectivity index (χ0) is 20.6. The highest BCUT2D eigenvalue weighted by molar-refractivity contribution is 5.77. The Kier molecular flexibility index (Phi) is 5.02. The van der Waals surface area contributed by atoms with Crippen molar-refractivity contribution >= 4 is 17.1 Å². The Labute approximate surface area is 172 Å². The summed E-state index contributed by atoms with van der Waals surface area (Å²) in [6.07, 6.45) is 6.77. The standard InChI is InChI=1S/C23H30N4O2/c1-4-22(2,3)14-27-15-23(29-21(27)28)9-5-6-18(11-23)13-26-16-25-19-8-7-17(12-24)10-20(19)26/h7-8,10,16,18H,4-6,9,11,13-15H2,1-3H3. The van der Waals surface area contributed by atoms with Crippen LogP contribution in [0, 0.1) is 22.7 Å². The van der Waals surface area contributed by atoms with Gasteiger partial charge >= 0.3 is 6.09 Å². The highest BCUT2D eigenvalue weighted by Crippen LogP contribution is 2.41. The van der Waals surface area contributed by atoms with Crippen LogP contribution in [0.3, 0.4) is 0 Å². The molecule has 1 aliphatic heterocycles. The second-order valence-corrected chi connectivity index (χ2v) is 9.60. The van der Waals surface area contributed by atoms with Gasteiger partial charge in [0.2, 0.25) is 0 Å². The van der Waals surface area contributed by atoms with E-state index in [0.717, 1.165) is 56.2 Å². The van der Waals surface area contributed by atoms with Crippen LogP contribution in [0.2, 0.25) is 0 Å². The van der Waals surface area contributed by atoms with E-state index >= 15 is 0 Å². The van der Waals surface area contributed by atoms with E-state index in [1.54, 1.807) is 6.07 Å². The fourth-order valence-electron chi connectivity index (χ4n) is 4.83. The fraction of sp³-hybridized carbons (Fsp3) is 0.609. The lowest BCUT2D eigenvalue weighted by Crippen LogP contribution is -2.42. The van der Waals surface area contributed by atoms with Gasteiger partial charge < -0.3 is 14.2 Å². The van der Waals surface area contributed by atoms with Crippen LogP contribution in [0.15, 0.2) is 24.5 Å². The van der Waals surface area contributed by atoms with Gasteiger partial charge in [-0.3, -0.25) is 0 Å². The molecule has 2 aromatic rings. The van der Waals surface area contributed by atoms with Crippen LogP contribution in [0.1, 0.15) is 58.4 Å². The molecule has 2 unspecified atom stereocenters. The number of benzene rings is 1. The number of hydrogen-bond acceptors (Lipinski definition) is 4. The smallest absolute Gasteiger partial charge is 0.410 e. The van der Waals surface area contributed by atoms with Gasteiger partial charge in [-0.1, -0.05) is 20.8 Å². The summed E-state index contributed by atoms with van der Waals surface area (Å²) in [6, 6.07) is 7.82. The lowest BCUT2D eigenvalue weighted by atomic mass is 9.77. The van der Waals surface area contributed by atoms with Crippen LogP contribution in [0.25, 0.3) is 11.0 Å². The summed E-state index contributed by atoms with van der Waals surface area (Å²) >= 11 is 0. The first-order valence-electron chi connectivity index (χ1n) is 10.7. The molecular weight excluding hydrogens is 364 g/mol. The first-order valence-corrected chi connectivity index (χ1v) is 10.7. The molecule has 4 rings (SSSR count). The van der Waals surface area contributed by atoms with E-state index in [0.29, 0.717) is 18.0 Å². The van der Waals surface area contributed by atoms with E-state index in [4.69, 9.17) is 4.74 Å². The van der Waals surface area contributed by atoms with Crippen molar-refractivity contribution in [2.75, 3.05) is 13.1 Å². The molecule has 2 heterocycles. The molecule has 1 spiro atoms. The van der Waals surface area contributed by atoms with Gasteiger partial charge in [-0.05, 0) is 61.6 Å². The Hall–Kier alpha value is -2.55. The van der Waals surface area contributed by atoms with Crippen molar-refractivity contribution < 1.29 is 9.53 Å². The minimum atomic E-state index is -0.349. The number of rotatable bonds is 5. The van der Waals surface area contributed by atoms with Gasteiger partial charge in [0.05, 0.1) is 35.5 Å². The number of imidazole rings is 1. The number of nitrogens with zero attached hydrogens (tertiary/aromatic N) is 4. The highest BCUT2D eigenvalue weighted by atomic mass is 16.6. The number of ether oxygens (including phenoxy) is 1. The van der Waals surface area contributed by atoms with Crippen molar-refractivity contribution in [3.8, 4) is 6.07 Å². The molecule has 6 nitrogen and oxygen atoms in total. The minimum Gasteiger partial charge on any atom is -0.441 e. The van der Waals surface area contributed by atoms with Crippen LogP contribution in [-0.4, -0.2) is 39.2 Å². The van der Waals surface area contributed by atoms with Crippen LogP contribution >= 0.6 is 0 Å². The second kappa shape index (κ2) is 7.37. The molecule has 1 aromatic carbocycles. The molecule has 1 aromatic heterocycles. The summed E-state index contributed by atoms with van der Waals surface area (Å²) in [7, 11) is 0. The summed E-state index contributed by atoms with van der Waals surface area (Å²) in [5.41, 5.74) is 2.32. The van der Waals surface area contributed by atoms with Gasteiger partial charge in [0.25, 0.3) is 0 Å². The monoisotopic (exact) mass is 394 g/mol. The molecule has 6 heteroatoms. The molecule has 2 aliphatic rings. The van der Waals surface area contributed by atoms with Gasteiger partial charge in [0.15, 0.2) is 0 Å². The van der Waals surface area contributed by atoms with E-state index < -0.39 is 0 Å². The third-order valence-electron chi connectivity index (χ3n) is 6.73. The largest absolute Gasteiger partial charge is 0.441 e. The number of nitriles is 1. The number of hydrogen-bond donors (Lipinski definition) is 0. The van der Waals surface area contributed by atoms with Crippen molar-refractivity contribution in [2.45, 2.75) is 65.0 Å². The van der Waals surface area contributed by atoms with Crippen molar-refractivity contribution in [3.05, 3.63) is 30.1 Å². The van der Waals surface area contributed by atoms with Crippen molar-refractivity contribution in [1.82, 2.24) is 14.5 Å². The third kappa shape index (κ3) is 3.96. The number of carbonyl (C=O) groups excluding carboxylic acids is 1. The lowest BCUT2D eigenvalue weighted by Gasteiger charge is -2.36. The zero-order valence-corrected chi connectivity index (χ0v) is 17.6. The van der Waals surface area contributed by atoms with E-state index in [9.17, 15) is 10.1 Å². The number of fused-ring (bicyclic) bond motifs is 1. The summed E-state index contributed by atoms with van der Waals surface area (Å²) in [5, 5.41) is 9.20. The van der Waals surface area contributed by atoms with E-state index in [-0.39, 0.29) is 17.1 Å². The normalized spacial score (nSPS) is 24.8. The van der Waals surface area contributed by atoms with E-state index in [1.165, 1.54) is 0 Å². The van der Waals surface area contributed by atoms with Gasteiger partial charge in [0, 0.05) is 13.1 Å². The van der Waals surface area contributed by atoms with Gasteiger partial charge in [-0.25, -0.2) is 9.78 Å². The number of aromatic nitrogens is 2. The average molecular weight is 395 g/mol. The summed E-state index contributed by atoms with van der Waals surface area (Å²) in [6.45, 7) is 8.86. The molecule has 1 saturated carbocycles. The van der Waals surface area contributed by atoms with E-state index in [1.807, 2.05) is 23.4 Å². The minimum absolute atomic E-state index is 0.104. The predicted molar refractivity (Wildman–Crippen MR) is 111 cm³/mol. The number of carbonyl (C=O) groups is 1. The second-order valence-electron chi connectivity index (χ2n) is 9.60. The third-order valence-corrected chi connectivity index (χ3v) is 6.73. The van der Waals surface area contributed by atoms with Gasteiger partial charge in [-0.15, -0.1) is 0 Å². The van der Waals surface area contributed by atoms with Crippen LogP contribution in [0.5, 0.6) is 0 Å². The molecule has 0 radical (unpaired) electrons. The predicted octanol–water partition coefficient (Wildman–Crippen LogP) is 4.73. The highest BCUT2D eigenvalue weighted by Gasteiger charge is 2.48. The molecule has 2 atom stereocenters. The van der Waals surface area contributed by atoms with Crippen LogP contribution < -0.4 is 0 Å². The first kappa shape index (κ1) is 19.8. The molecule has 154 valence electrons. The molecule has 2 fully saturated rings. The maximum Gasteiger partial charge on any atom is 0.410 e. The van der Waals surface area contributed by atoms with Crippen LogP contribution in [0.4, 0.5) is 4.79 Å². The fourth-order valence-corrected chi connectivity index (χ4v) is 4.83. The molecule has 0 bridgehead atoms. The lowest BCUT2D eigenvalue weighted by molar-refractivity contribution is 0.00411. The zero-order valence-electron chi connectivity index (χ0n) is 17.6. The van der Waals surface area contributed by atoms with Crippen molar-refractivity contribution in [2.24, 2.45) is 11.3 Å². The van der Waals surface area contributed by atoms with Gasteiger partial charge in [-0.2, -0.15) is 5.26 Å². The quantitative estimate of drug-likeness (QED) is 0.735. The summed E-state index contributed by atoms with van der Waals surface area (Å²) in [5.74, 6) is 0.429. The van der Waals surface area contributed by atoms with Gasteiger partial charge in [0.1, 0.15) is 5.60 Å². The number of amides is 1. The molecular formula is C23H30N4O2. The molecule has 1 aliphatic carbocycles. The topological polar surface area (TPSA) is 71.2 Å². The van der Waals surface area contributed by atoms with Crippen molar-refractivity contribution in [3.63, 3.8) is 0 Å². The van der Waals surface area contributed by atoms with Crippen molar-refractivity contribution in [1.29, 1.82) is 5.26 Å². The molecule has 0 N–H and O–H groups in total.